The topological polar surface area (TPSA) is 94.3 Å². The number of rotatable bonds is 6. The molecule has 0 aliphatic carbocycles. The molecule has 0 aliphatic heterocycles. The molecule has 0 aliphatic rings. The van der Waals surface area contributed by atoms with Crippen molar-refractivity contribution >= 4 is 21.1 Å². The lowest BCUT2D eigenvalue weighted by atomic mass is 10.1. The number of aromatic nitrogens is 2. The van der Waals surface area contributed by atoms with Gasteiger partial charge in [-0.25, -0.2) is 17.8 Å². The molecule has 2 aromatic carbocycles. The highest BCUT2D eigenvalue weighted by Crippen LogP contribution is 2.19. The molecule has 0 saturated carbocycles. The third kappa shape index (κ3) is 3.33. The number of hydrogen-bond acceptors (Lipinski definition) is 6. The van der Waals surface area contributed by atoms with Crippen molar-refractivity contribution in [3.8, 4) is 5.75 Å². The Labute approximate surface area is 133 Å². The standard InChI is InChI=1S/C15H15N3O4S/c1-21-12-7-5-11(6-8-12)9-10-16-23(19,20)14-4-2-3-13-15(14)18-22-17-13/h2-8,16H,9-10H2,1H3. The van der Waals surface area contributed by atoms with Gasteiger partial charge in [-0.3, -0.25) is 0 Å². The van der Waals surface area contributed by atoms with Gasteiger partial charge >= 0.3 is 0 Å². The van der Waals surface area contributed by atoms with Crippen molar-refractivity contribution in [2.45, 2.75) is 11.3 Å². The smallest absolute Gasteiger partial charge is 0.242 e. The van der Waals surface area contributed by atoms with Crippen LogP contribution in [0.15, 0.2) is 52.0 Å². The van der Waals surface area contributed by atoms with Crippen LogP contribution in [0, 0.1) is 0 Å². The van der Waals surface area contributed by atoms with Crippen LogP contribution in [0.4, 0.5) is 0 Å². The monoisotopic (exact) mass is 333 g/mol. The zero-order valence-corrected chi connectivity index (χ0v) is 13.2. The number of sulfonamides is 1. The minimum absolute atomic E-state index is 0.0611. The first-order valence-corrected chi connectivity index (χ1v) is 8.42. The molecule has 1 aromatic heterocycles. The highest BCUT2D eigenvalue weighted by atomic mass is 32.2. The second-order valence-electron chi connectivity index (χ2n) is 4.88. The molecule has 3 rings (SSSR count). The Bertz CT molecular complexity index is 904. The summed E-state index contributed by atoms with van der Waals surface area (Å²) in [6.45, 7) is 0.274. The average molecular weight is 333 g/mol. The number of nitrogens with zero attached hydrogens (tertiary/aromatic N) is 2. The van der Waals surface area contributed by atoms with Gasteiger partial charge in [0.2, 0.25) is 10.0 Å². The Hall–Kier alpha value is -2.45. The second kappa shape index (κ2) is 6.35. The van der Waals surface area contributed by atoms with Crippen molar-refractivity contribution in [2.24, 2.45) is 0 Å². The molecule has 0 amide bonds. The molecular formula is C15H15N3O4S. The minimum Gasteiger partial charge on any atom is -0.497 e. The fraction of sp³-hybridized carbons (Fsp3) is 0.200. The average Bonchev–Trinajstić information content (AvgIpc) is 3.03. The Kier molecular flexibility index (Phi) is 4.26. The summed E-state index contributed by atoms with van der Waals surface area (Å²) in [6, 6.07) is 12.2. The molecule has 23 heavy (non-hydrogen) atoms. The molecule has 0 saturated heterocycles. The first kappa shape index (κ1) is 15.4. The maximum absolute atomic E-state index is 12.4. The van der Waals surface area contributed by atoms with E-state index in [1.807, 2.05) is 24.3 Å². The molecule has 3 aromatic rings. The number of methoxy groups -OCH3 is 1. The van der Waals surface area contributed by atoms with Crippen LogP contribution in [0.1, 0.15) is 5.56 Å². The molecular weight excluding hydrogens is 318 g/mol. The van der Waals surface area contributed by atoms with E-state index >= 15 is 0 Å². The predicted octanol–water partition coefficient (Wildman–Crippen LogP) is 1.75. The summed E-state index contributed by atoms with van der Waals surface area (Å²) in [5.74, 6) is 0.763. The van der Waals surface area contributed by atoms with E-state index in [-0.39, 0.29) is 17.0 Å². The first-order chi connectivity index (χ1) is 11.1. The van der Waals surface area contributed by atoms with Gasteiger partial charge in [0.25, 0.3) is 0 Å². The highest BCUT2D eigenvalue weighted by Gasteiger charge is 2.19. The van der Waals surface area contributed by atoms with E-state index in [9.17, 15) is 8.42 Å². The Morgan fingerprint density at radius 2 is 1.91 bits per heavy atom. The summed E-state index contributed by atoms with van der Waals surface area (Å²) in [7, 11) is -2.08. The van der Waals surface area contributed by atoms with E-state index < -0.39 is 10.0 Å². The van der Waals surface area contributed by atoms with Gasteiger partial charge in [0, 0.05) is 6.54 Å². The lowest BCUT2D eigenvalue weighted by molar-refractivity contribution is 0.315. The van der Waals surface area contributed by atoms with E-state index in [2.05, 4.69) is 19.7 Å². The van der Waals surface area contributed by atoms with E-state index in [1.54, 1.807) is 19.2 Å². The van der Waals surface area contributed by atoms with E-state index in [1.165, 1.54) is 6.07 Å². The molecule has 120 valence electrons. The van der Waals surface area contributed by atoms with Crippen LogP contribution in [-0.2, 0) is 16.4 Å². The zero-order chi connectivity index (χ0) is 16.3. The predicted molar refractivity (Wildman–Crippen MR) is 83.7 cm³/mol. The fourth-order valence-corrected chi connectivity index (χ4v) is 3.38. The van der Waals surface area contributed by atoms with Crippen LogP contribution < -0.4 is 9.46 Å². The third-order valence-corrected chi connectivity index (χ3v) is 4.90. The van der Waals surface area contributed by atoms with Gasteiger partial charge in [-0.1, -0.05) is 18.2 Å². The van der Waals surface area contributed by atoms with Gasteiger partial charge in [0.05, 0.1) is 7.11 Å². The summed E-state index contributed by atoms with van der Waals surface area (Å²) in [5.41, 5.74) is 1.64. The molecule has 8 heteroatoms. The van der Waals surface area contributed by atoms with Crippen LogP contribution in [0.25, 0.3) is 11.0 Å². The number of nitrogens with one attached hydrogen (secondary N) is 1. The van der Waals surface area contributed by atoms with Gasteiger partial charge in [0.1, 0.15) is 16.2 Å². The van der Waals surface area contributed by atoms with Gasteiger partial charge < -0.3 is 4.74 Å². The fourth-order valence-electron chi connectivity index (χ4n) is 2.20. The van der Waals surface area contributed by atoms with E-state index in [0.717, 1.165) is 11.3 Å². The van der Waals surface area contributed by atoms with Crippen molar-refractivity contribution < 1.29 is 17.8 Å². The maximum atomic E-state index is 12.4. The Morgan fingerprint density at radius 3 is 2.65 bits per heavy atom. The van der Waals surface area contributed by atoms with Crippen LogP contribution in [0.5, 0.6) is 5.75 Å². The molecule has 0 fully saturated rings. The Morgan fingerprint density at radius 1 is 1.13 bits per heavy atom. The van der Waals surface area contributed by atoms with Gasteiger partial charge in [-0.2, -0.15) is 0 Å². The normalized spacial score (nSPS) is 11.7. The minimum atomic E-state index is -3.68. The van der Waals surface area contributed by atoms with E-state index in [4.69, 9.17) is 4.74 Å². The SMILES string of the molecule is COc1ccc(CCNS(=O)(=O)c2cccc3nonc23)cc1. The van der Waals surface area contributed by atoms with Crippen molar-refractivity contribution in [3.63, 3.8) is 0 Å². The van der Waals surface area contributed by atoms with Gasteiger partial charge in [-0.05, 0) is 46.6 Å². The second-order valence-corrected chi connectivity index (χ2v) is 6.62. The van der Waals surface area contributed by atoms with Gasteiger partial charge in [0.15, 0.2) is 5.52 Å². The molecule has 0 spiro atoms. The zero-order valence-electron chi connectivity index (χ0n) is 12.4. The molecule has 1 heterocycles. The summed E-state index contributed by atoms with van der Waals surface area (Å²) in [5, 5.41) is 7.30. The summed E-state index contributed by atoms with van der Waals surface area (Å²) in [4.78, 5) is 0.0611. The molecule has 0 bridgehead atoms. The van der Waals surface area contributed by atoms with Crippen LogP contribution in [0.3, 0.4) is 0 Å². The summed E-state index contributed by atoms with van der Waals surface area (Å²) < 4.78 is 37.0. The van der Waals surface area contributed by atoms with E-state index in [0.29, 0.717) is 11.9 Å². The first-order valence-electron chi connectivity index (χ1n) is 6.94. The molecule has 7 nitrogen and oxygen atoms in total. The molecule has 1 N–H and O–H groups in total. The van der Waals surface area contributed by atoms with Crippen LogP contribution in [0.2, 0.25) is 0 Å². The largest absolute Gasteiger partial charge is 0.497 e. The van der Waals surface area contributed by atoms with Crippen molar-refractivity contribution in [3.05, 3.63) is 48.0 Å². The van der Waals surface area contributed by atoms with Crippen molar-refractivity contribution in [1.82, 2.24) is 15.0 Å². The van der Waals surface area contributed by atoms with Crippen LogP contribution >= 0.6 is 0 Å². The number of benzene rings is 2. The highest BCUT2D eigenvalue weighted by molar-refractivity contribution is 7.89. The summed E-state index contributed by atoms with van der Waals surface area (Å²) in [6.07, 6.45) is 0.566. The molecule has 0 radical (unpaired) electrons. The molecule has 0 atom stereocenters. The number of hydrogen-bond donors (Lipinski definition) is 1. The molecule has 0 unspecified atom stereocenters. The van der Waals surface area contributed by atoms with Crippen molar-refractivity contribution in [2.75, 3.05) is 13.7 Å². The Balaban J connectivity index is 1.70. The number of ether oxygens (including phenoxy) is 1. The quantitative estimate of drug-likeness (QED) is 0.738. The third-order valence-electron chi connectivity index (χ3n) is 3.40. The van der Waals surface area contributed by atoms with Crippen molar-refractivity contribution in [1.29, 1.82) is 0 Å². The maximum Gasteiger partial charge on any atom is 0.242 e. The number of fused-ring (bicyclic) bond motifs is 1. The van der Waals surface area contributed by atoms with Gasteiger partial charge in [-0.15, -0.1) is 0 Å². The van der Waals surface area contributed by atoms with Crippen LogP contribution in [-0.4, -0.2) is 32.4 Å². The lowest BCUT2D eigenvalue weighted by Crippen LogP contribution is -2.26. The summed E-state index contributed by atoms with van der Waals surface area (Å²) >= 11 is 0. The lowest BCUT2D eigenvalue weighted by Gasteiger charge is -2.07.